The molecule has 0 spiro atoms. The lowest BCUT2D eigenvalue weighted by atomic mass is 10.0. The monoisotopic (exact) mass is 977 g/mol. The Morgan fingerprint density at radius 1 is 0.776 bits per heavy atom. The standard InChI is InChI=1S/C51H79ClN3O11P/c1-7-8-9-10-11-12-13-14-15-16-17-18-19-22-27-35-61-42-63-40-46(41-66-67(58,59)65-37-34-55(3,4)5)64-43-62-36-28-23-26-33-53-50(56)39-47-44(2)54(51(57)29-24-20-21-25-32-52)49-31-30-45(60-6)38-48(47)49/h30-31,38,46H,7-19,22-23,26-28,33-37,39-43H2,1-6H3,(H-,53,56,58,59)/p+1. The van der Waals surface area contributed by atoms with Gasteiger partial charge in [0, 0.05) is 54.0 Å². The molecule has 0 aliphatic rings. The molecule has 1 aromatic carbocycles. The van der Waals surface area contributed by atoms with Crippen LogP contribution in [-0.4, -0.2) is 120 Å². The van der Waals surface area contributed by atoms with Crippen molar-refractivity contribution >= 4 is 42.1 Å². The van der Waals surface area contributed by atoms with Crippen molar-refractivity contribution in [1.29, 1.82) is 0 Å². The Balaban J connectivity index is 1.70. The van der Waals surface area contributed by atoms with E-state index in [-0.39, 0.29) is 45.7 Å². The number of nitrogens with zero attached hydrogens (tertiary/aromatic N) is 2. The Kier molecular flexibility index (Phi) is 32.6. The second kappa shape index (κ2) is 36.5. The van der Waals surface area contributed by atoms with E-state index in [1.165, 1.54) is 88.0 Å². The zero-order valence-electron chi connectivity index (χ0n) is 41.4. The number of phosphoric ester groups is 1. The maximum atomic E-state index is 13.1. The summed E-state index contributed by atoms with van der Waals surface area (Å²) in [6.45, 7) is 5.92. The number of nitrogens with one attached hydrogen (secondary N) is 1. The minimum atomic E-state index is -4.31. The highest BCUT2D eigenvalue weighted by atomic mass is 35.5. The van der Waals surface area contributed by atoms with Crippen molar-refractivity contribution < 1.29 is 56.3 Å². The van der Waals surface area contributed by atoms with E-state index in [1.807, 2.05) is 21.1 Å². The fourth-order valence-corrected chi connectivity index (χ4v) is 7.91. The zero-order valence-corrected chi connectivity index (χ0v) is 43.0. The number of rotatable bonds is 39. The van der Waals surface area contributed by atoms with Gasteiger partial charge in [-0.1, -0.05) is 96.8 Å². The van der Waals surface area contributed by atoms with Gasteiger partial charge in [-0.2, -0.15) is 0 Å². The SMILES string of the molecule is CCCCCCCCCCCCCCCCCOCOCC(COP(=O)(O)OCC[N+](C)(C)C)OCOCCCCCNC(=O)Cc1c(C)n(C(=O)C#CC#CC#CCl)c2ccc(OC)cc12. The minimum absolute atomic E-state index is 0.0580. The predicted octanol–water partition coefficient (Wildman–Crippen LogP) is 9.70. The van der Waals surface area contributed by atoms with Gasteiger partial charge in [0.2, 0.25) is 5.91 Å². The third-order valence-corrected chi connectivity index (χ3v) is 12.0. The topological polar surface area (TPSA) is 153 Å². The summed E-state index contributed by atoms with van der Waals surface area (Å²) >= 11 is 5.30. The number of amides is 1. The summed E-state index contributed by atoms with van der Waals surface area (Å²) < 4.78 is 53.3. The van der Waals surface area contributed by atoms with Gasteiger partial charge in [-0.05, 0) is 79.8 Å². The number of carbonyl (C=O) groups is 2. The molecule has 0 saturated carbocycles. The number of quaternary nitrogens is 1. The van der Waals surface area contributed by atoms with Crippen LogP contribution in [-0.2, 0) is 43.8 Å². The number of benzene rings is 1. The van der Waals surface area contributed by atoms with Crippen molar-refractivity contribution in [2.24, 2.45) is 0 Å². The number of likely N-dealkylation sites (N-methyl/N-ethyl adjacent to an activating group) is 1. The number of hydrogen-bond donors (Lipinski definition) is 2. The second-order valence-corrected chi connectivity index (χ2v) is 19.3. The average molecular weight is 978 g/mol. The van der Waals surface area contributed by atoms with Crippen LogP contribution >= 0.6 is 19.4 Å². The smallest absolute Gasteiger partial charge is 0.472 e. The second-order valence-electron chi connectivity index (χ2n) is 17.7. The number of aromatic nitrogens is 1. The number of fused-ring (bicyclic) bond motifs is 1. The molecule has 2 rings (SSSR count). The number of hydrogen-bond acceptors (Lipinski definition) is 10. The van der Waals surface area contributed by atoms with Gasteiger partial charge < -0.3 is 38.4 Å². The average Bonchev–Trinajstić information content (AvgIpc) is 3.56. The highest BCUT2D eigenvalue weighted by Crippen LogP contribution is 2.43. The van der Waals surface area contributed by atoms with Gasteiger partial charge in [0.15, 0.2) is 0 Å². The van der Waals surface area contributed by atoms with E-state index in [0.717, 1.165) is 25.7 Å². The number of ether oxygens (including phenoxy) is 5. The fraction of sp³-hybridized carbons (Fsp3) is 0.686. The van der Waals surface area contributed by atoms with E-state index >= 15 is 0 Å². The van der Waals surface area contributed by atoms with E-state index in [4.69, 9.17) is 44.3 Å². The lowest BCUT2D eigenvalue weighted by Crippen LogP contribution is -2.37. The number of unbranched alkanes of at least 4 members (excludes halogenated alkanes) is 16. The van der Waals surface area contributed by atoms with Crippen LogP contribution in [0.5, 0.6) is 5.75 Å². The first-order valence-electron chi connectivity index (χ1n) is 24.2. The third-order valence-electron chi connectivity index (χ3n) is 11.0. The lowest BCUT2D eigenvalue weighted by molar-refractivity contribution is -0.870. The summed E-state index contributed by atoms with van der Waals surface area (Å²) in [7, 11) is 3.12. The Hall–Kier alpha value is -3.42. The molecule has 2 N–H and O–H groups in total. The summed E-state index contributed by atoms with van der Waals surface area (Å²) in [4.78, 5) is 36.4. The van der Waals surface area contributed by atoms with Crippen molar-refractivity contribution in [2.45, 2.75) is 142 Å². The summed E-state index contributed by atoms with van der Waals surface area (Å²) in [5.74, 6) is 12.2. The van der Waals surface area contributed by atoms with Crippen LogP contribution in [0.3, 0.4) is 0 Å². The van der Waals surface area contributed by atoms with E-state index in [9.17, 15) is 19.0 Å². The van der Waals surface area contributed by atoms with Gasteiger partial charge in [0.05, 0.1) is 53.4 Å². The first-order chi connectivity index (χ1) is 32.3. The molecule has 14 nitrogen and oxygen atoms in total. The van der Waals surface area contributed by atoms with Gasteiger partial charge in [0.1, 0.15) is 38.6 Å². The molecule has 0 bridgehead atoms. The third kappa shape index (κ3) is 28.6. The van der Waals surface area contributed by atoms with Crippen LogP contribution in [0.1, 0.15) is 139 Å². The van der Waals surface area contributed by atoms with Crippen molar-refractivity contribution in [2.75, 3.05) is 88.0 Å². The molecule has 67 heavy (non-hydrogen) atoms. The molecule has 0 fully saturated rings. The van der Waals surface area contributed by atoms with E-state index in [2.05, 4.69) is 47.2 Å². The highest BCUT2D eigenvalue weighted by molar-refractivity contribution is 7.47. The molecule has 0 radical (unpaired) electrons. The quantitative estimate of drug-likeness (QED) is 0.0217. The van der Waals surface area contributed by atoms with Gasteiger partial charge in [0.25, 0.3) is 0 Å². The van der Waals surface area contributed by atoms with Crippen LogP contribution < -0.4 is 10.1 Å². The van der Waals surface area contributed by atoms with Gasteiger partial charge >= 0.3 is 13.7 Å². The molecular weight excluding hydrogens is 897 g/mol. The van der Waals surface area contributed by atoms with Crippen LogP contribution in [0.2, 0.25) is 0 Å². The fourth-order valence-electron chi connectivity index (χ4n) is 7.12. The van der Waals surface area contributed by atoms with Crippen molar-refractivity contribution in [3.05, 3.63) is 29.5 Å². The first kappa shape index (κ1) is 59.7. The van der Waals surface area contributed by atoms with E-state index in [0.29, 0.717) is 65.1 Å². The molecule has 2 atom stereocenters. The Morgan fingerprint density at radius 2 is 1.37 bits per heavy atom. The predicted molar refractivity (Wildman–Crippen MR) is 266 cm³/mol. The molecule has 2 aromatic rings. The van der Waals surface area contributed by atoms with E-state index in [1.54, 1.807) is 32.2 Å². The largest absolute Gasteiger partial charge is 0.497 e. The Bertz CT molecular complexity index is 1950. The lowest BCUT2D eigenvalue weighted by Gasteiger charge is -2.24. The molecular formula is C51H80ClN3O11P+. The van der Waals surface area contributed by atoms with Crippen LogP contribution in [0, 0.1) is 41.9 Å². The van der Waals surface area contributed by atoms with Crippen LogP contribution in [0.25, 0.3) is 10.9 Å². The molecule has 2 unspecified atom stereocenters. The molecule has 1 aromatic heterocycles. The zero-order chi connectivity index (χ0) is 49.0. The summed E-state index contributed by atoms with van der Waals surface area (Å²) in [5.41, 5.74) is 1.90. The molecule has 0 saturated heterocycles. The first-order valence-corrected chi connectivity index (χ1v) is 26.1. The summed E-state index contributed by atoms with van der Waals surface area (Å²) in [5, 5.41) is 5.82. The van der Waals surface area contributed by atoms with Gasteiger partial charge in [-0.15, -0.1) is 0 Å². The molecule has 16 heteroatoms. The van der Waals surface area contributed by atoms with Crippen LogP contribution in [0.4, 0.5) is 0 Å². The van der Waals surface area contributed by atoms with Crippen LogP contribution in [0.15, 0.2) is 18.2 Å². The molecule has 1 amide bonds. The molecule has 0 aliphatic heterocycles. The maximum Gasteiger partial charge on any atom is 0.472 e. The highest BCUT2D eigenvalue weighted by Gasteiger charge is 2.25. The summed E-state index contributed by atoms with van der Waals surface area (Å²) in [6.07, 6.45) is 21.1. The maximum absolute atomic E-state index is 13.1. The van der Waals surface area contributed by atoms with Crippen molar-refractivity contribution in [3.8, 4) is 40.7 Å². The Morgan fingerprint density at radius 3 is 1.99 bits per heavy atom. The number of halogens is 1. The number of phosphoric acid groups is 1. The van der Waals surface area contributed by atoms with Gasteiger partial charge in [-0.3, -0.25) is 23.2 Å². The Labute approximate surface area is 407 Å². The molecule has 0 aliphatic carbocycles. The van der Waals surface area contributed by atoms with Crippen molar-refractivity contribution in [3.63, 3.8) is 0 Å². The number of carbonyl (C=O) groups excluding carboxylic acids is 2. The molecule has 1 heterocycles. The summed E-state index contributed by atoms with van der Waals surface area (Å²) in [6, 6.07) is 5.31. The van der Waals surface area contributed by atoms with Crippen molar-refractivity contribution in [1.82, 2.24) is 9.88 Å². The minimum Gasteiger partial charge on any atom is -0.497 e. The number of methoxy groups -OCH3 is 1. The molecule has 376 valence electrons. The normalized spacial score (nSPS) is 12.6. The van der Waals surface area contributed by atoms with E-state index < -0.39 is 19.8 Å². The van der Waals surface area contributed by atoms with Gasteiger partial charge in [-0.25, -0.2) is 4.57 Å².